The molecule has 0 saturated heterocycles. The maximum Gasteiger partial charge on any atom is 0.140 e. The normalized spacial score (nSPS) is 11.2. The van der Waals surface area contributed by atoms with Crippen molar-refractivity contribution in [1.82, 2.24) is 4.98 Å². The number of nitrogens with one attached hydrogen (secondary N) is 1. The number of hydrogen-bond acceptors (Lipinski definition) is 4. The number of hydrazine groups is 1. The largest absolute Gasteiger partial charge is 0.489 e. The summed E-state index contributed by atoms with van der Waals surface area (Å²) in [5, 5.41) is 0. The lowest BCUT2D eigenvalue weighted by Crippen LogP contribution is -2.15. The predicted octanol–water partition coefficient (Wildman–Crippen LogP) is 3.63. The van der Waals surface area contributed by atoms with Gasteiger partial charge in [-0.05, 0) is 47.2 Å². The van der Waals surface area contributed by atoms with Gasteiger partial charge in [0.25, 0.3) is 0 Å². The number of rotatable bonds is 6. The first kappa shape index (κ1) is 15.3. The highest BCUT2D eigenvalue weighted by Crippen LogP contribution is 2.28. The van der Waals surface area contributed by atoms with E-state index in [1.165, 1.54) is 5.56 Å². The zero-order chi connectivity index (χ0) is 15.3. The van der Waals surface area contributed by atoms with E-state index >= 15 is 0 Å². The standard InChI is InChI=1S/C17H23N3O/c1-4-17(2,3)14-5-7-15(8-6-14)21-12-13-9-10-19-16(11-13)20-18/h5-11H,4,12,18H2,1-3H3,(H,19,20). The van der Waals surface area contributed by atoms with Crippen molar-refractivity contribution in [3.63, 3.8) is 0 Å². The summed E-state index contributed by atoms with van der Waals surface area (Å²) in [5.74, 6) is 6.84. The molecule has 3 N–H and O–H groups in total. The highest BCUT2D eigenvalue weighted by Gasteiger charge is 2.17. The molecule has 0 atom stereocenters. The molecule has 112 valence electrons. The van der Waals surface area contributed by atoms with Crippen LogP contribution in [0.25, 0.3) is 0 Å². The lowest BCUT2D eigenvalue weighted by molar-refractivity contribution is 0.306. The second kappa shape index (κ2) is 6.59. The van der Waals surface area contributed by atoms with Crippen LogP contribution in [0, 0.1) is 0 Å². The lowest BCUT2D eigenvalue weighted by Gasteiger charge is -2.23. The second-order valence-electron chi connectivity index (χ2n) is 5.74. The van der Waals surface area contributed by atoms with Gasteiger partial charge in [-0.1, -0.05) is 32.9 Å². The van der Waals surface area contributed by atoms with E-state index in [1.807, 2.05) is 24.3 Å². The van der Waals surface area contributed by atoms with Gasteiger partial charge in [-0.2, -0.15) is 0 Å². The van der Waals surface area contributed by atoms with Crippen molar-refractivity contribution in [3.8, 4) is 5.75 Å². The highest BCUT2D eigenvalue weighted by atomic mass is 16.5. The maximum absolute atomic E-state index is 5.80. The van der Waals surface area contributed by atoms with Gasteiger partial charge in [0, 0.05) is 6.20 Å². The second-order valence-corrected chi connectivity index (χ2v) is 5.74. The van der Waals surface area contributed by atoms with Crippen molar-refractivity contribution < 1.29 is 4.74 Å². The first-order chi connectivity index (χ1) is 10.0. The number of pyridine rings is 1. The van der Waals surface area contributed by atoms with Gasteiger partial charge < -0.3 is 10.2 Å². The molecule has 0 aliphatic rings. The summed E-state index contributed by atoms with van der Waals surface area (Å²) < 4.78 is 5.80. The molecule has 0 amide bonds. The number of benzene rings is 1. The van der Waals surface area contributed by atoms with E-state index in [0.717, 1.165) is 17.7 Å². The molecule has 1 aromatic heterocycles. The van der Waals surface area contributed by atoms with Crippen LogP contribution < -0.4 is 16.0 Å². The van der Waals surface area contributed by atoms with Gasteiger partial charge in [0.05, 0.1) is 0 Å². The van der Waals surface area contributed by atoms with E-state index in [-0.39, 0.29) is 5.41 Å². The molecule has 0 aliphatic carbocycles. The van der Waals surface area contributed by atoms with Crippen LogP contribution in [0.1, 0.15) is 38.3 Å². The topological polar surface area (TPSA) is 60.2 Å². The minimum absolute atomic E-state index is 0.200. The summed E-state index contributed by atoms with van der Waals surface area (Å²) in [6, 6.07) is 12.1. The molecule has 0 radical (unpaired) electrons. The molecular formula is C17H23N3O. The fraction of sp³-hybridized carbons (Fsp3) is 0.353. The summed E-state index contributed by atoms with van der Waals surface area (Å²) in [6.07, 6.45) is 2.82. The predicted molar refractivity (Wildman–Crippen MR) is 86.1 cm³/mol. The molecule has 2 aromatic rings. The summed E-state index contributed by atoms with van der Waals surface area (Å²) in [7, 11) is 0. The van der Waals surface area contributed by atoms with E-state index in [0.29, 0.717) is 12.4 Å². The summed E-state index contributed by atoms with van der Waals surface area (Å²) in [6.45, 7) is 7.20. The Labute approximate surface area is 126 Å². The number of nitrogen functional groups attached to an aromatic ring is 1. The van der Waals surface area contributed by atoms with E-state index < -0.39 is 0 Å². The van der Waals surface area contributed by atoms with E-state index in [2.05, 4.69) is 43.3 Å². The molecule has 0 saturated carbocycles. The number of ether oxygens (including phenoxy) is 1. The van der Waals surface area contributed by atoms with Crippen LogP contribution in [-0.2, 0) is 12.0 Å². The Morgan fingerprint density at radius 1 is 1.19 bits per heavy atom. The Bertz CT molecular complexity index is 579. The van der Waals surface area contributed by atoms with Gasteiger partial charge in [0.2, 0.25) is 0 Å². The summed E-state index contributed by atoms with van der Waals surface area (Å²) in [5.41, 5.74) is 5.08. The van der Waals surface area contributed by atoms with Crippen molar-refractivity contribution >= 4 is 5.82 Å². The quantitative estimate of drug-likeness (QED) is 0.628. The van der Waals surface area contributed by atoms with Crippen LogP contribution in [-0.4, -0.2) is 4.98 Å². The van der Waals surface area contributed by atoms with Crippen molar-refractivity contribution in [2.75, 3.05) is 5.43 Å². The molecule has 1 heterocycles. The third-order valence-electron chi connectivity index (χ3n) is 3.90. The lowest BCUT2D eigenvalue weighted by atomic mass is 9.82. The van der Waals surface area contributed by atoms with Gasteiger partial charge in [0.1, 0.15) is 18.2 Å². The van der Waals surface area contributed by atoms with Gasteiger partial charge in [-0.3, -0.25) is 0 Å². The number of anilines is 1. The van der Waals surface area contributed by atoms with Crippen LogP contribution in [0.5, 0.6) is 5.75 Å². The van der Waals surface area contributed by atoms with Gasteiger partial charge >= 0.3 is 0 Å². The van der Waals surface area contributed by atoms with E-state index in [4.69, 9.17) is 10.6 Å². The van der Waals surface area contributed by atoms with Crippen LogP contribution in [0.4, 0.5) is 5.82 Å². The number of aromatic nitrogens is 1. The monoisotopic (exact) mass is 285 g/mol. The third-order valence-corrected chi connectivity index (χ3v) is 3.90. The van der Waals surface area contributed by atoms with Crippen LogP contribution in [0.15, 0.2) is 42.6 Å². The van der Waals surface area contributed by atoms with E-state index in [9.17, 15) is 0 Å². The molecule has 4 heteroatoms. The SMILES string of the molecule is CCC(C)(C)c1ccc(OCc2ccnc(NN)c2)cc1. The average molecular weight is 285 g/mol. The van der Waals surface area contributed by atoms with Crippen molar-refractivity contribution in [3.05, 3.63) is 53.7 Å². The van der Waals surface area contributed by atoms with Crippen molar-refractivity contribution in [2.45, 2.75) is 39.2 Å². The fourth-order valence-corrected chi connectivity index (χ4v) is 2.02. The zero-order valence-electron chi connectivity index (χ0n) is 12.9. The maximum atomic E-state index is 5.80. The molecule has 21 heavy (non-hydrogen) atoms. The molecule has 0 bridgehead atoms. The Morgan fingerprint density at radius 3 is 2.52 bits per heavy atom. The minimum atomic E-state index is 0.200. The van der Waals surface area contributed by atoms with Gasteiger partial charge in [-0.15, -0.1) is 0 Å². The molecule has 0 fully saturated rings. The van der Waals surface area contributed by atoms with Gasteiger partial charge in [0.15, 0.2) is 0 Å². The molecule has 0 spiro atoms. The number of hydrogen-bond donors (Lipinski definition) is 2. The molecule has 0 unspecified atom stereocenters. The smallest absolute Gasteiger partial charge is 0.140 e. The molecule has 4 nitrogen and oxygen atoms in total. The Morgan fingerprint density at radius 2 is 1.90 bits per heavy atom. The summed E-state index contributed by atoms with van der Waals surface area (Å²) >= 11 is 0. The first-order valence-corrected chi connectivity index (χ1v) is 7.20. The van der Waals surface area contributed by atoms with Gasteiger partial charge in [-0.25, -0.2) is 10.8 Å². The van der Waals surface area contributed by atoms with Crippen LogP contribution in [0.2, 0.25) is 0 Å². The molecular weight excluding hydrogens is 262 g/mol. The van der Waals surface area contributed by atoms with Crippen LogP contribution in [0.3, 0.4) is 0 Å². The van der Waals surface area contributed by atoms with Crippen molar-refractivity contribution in [1.29, 1.82) is 0 Å². The number of nitrogens with two attached hydrogens (primary N) is 1. The molecule has 1 aromatic carbocycles. The molecule has 0 aliphatic heterocycles. The Kier molecular flexibility index (Phi) is 4.81. The molecule has 2 rings (SSSR count). The number of nitrogens with zero attached hydrogens (tertiary/aromatic N) is 1. The highest BCUT2D eigenvalue weighted by molar-refractivity contribution is 5.36. The zero-order valence-corrected chi connectivity index (χ0v) is 12.9. The van der Waals surface area contributed by atoms with Crippen LogP contribution >= 0.6 is 0 Å². The first-order valence-electron chi connectivity index (χ1n) is 7.20. The average Bonchev–Trinajstić information content (AvgIpc) is 2.53. The fourth-order valence-electron chi connectivity index (χ4n) is 2.02. The van der Waals surface area contributed by atoms with Crippen molar-refractivity contribution in [2.24, 2.45) is 5.84 Å². The minimum Gasteiger partial charge on any atom is -0.489 e. The third kappa shape index (κ3) is 3.95. The van der Waals surface area contributed by atoms with E-state index in [1.54, 1.807) is 6.20 Å². The Balaban J connectivity index is 2.00. The summed E-state index contributed by atoms with van der Waals surface area (Å²) in [4.78, 5) is 4.07. The Hall–Kier alpha value is -2.07.